The summed E-state index contributed by atoms with van der Waals surface area (Å²) in [6.07, 6.45) is -9.01. The van der Waals surface area contributed by atoms with Gasteiger partial charge in [0.25, 0.3) is 0 Å². The van der Waals surface area contributed by atoms with Gasteiger partial charge in [-0.05, 0) is 0 Å². The Balaban J connectivity index is 3.38. The van der Waals surface area contributed by atoms with Crippen molar-refractivity contribution in [1.82, 2.24) is 0 Å². The van der Waals surface area contributed by atoms with Crippen molar-refractivity contribution in [3.05, 3.63) is 0 Å². The van der Waals surface area contributed by atoms with Crippen molar-refractivity contribution in [3.63, 3.8) is 0 Å². The molecule has 0 bridgehead atoms. The third kappa shape index (κ3) is 6.80. The maximum atomic E-state index is 12.8. The van der Waals surface area contributed by atoms with Gasteiger partial charge in [0.2, 0.25) is 0 Å². The number of hydrogen-bond acceptors (Lipinski definition) is 11. The summed E-state index contributed by atoms with van der Waals surface area (Å²) in [5.41, 5.74) is -5.81. The van der Waals surface area contributed by atoms with Crippen molar-refractivity contribution < 1.29 is 63.8 Å². The van der Waals surface area contributed by atoms with E-state index in [2.05, 4.69) is 4.18 Å². The fraction of sp³-hybridized carbons (Fsp3) is 0.786. The normalized spacial score (nSPS) is 27.8. The third-order valence-corrected chi connectivity index (χ3v) is 4.44. The molecule has 1 rings (SSSR count). The highest BCUT2D eigenvalue weighted by atomic mass is 32.2. The van der Waals surface area contributed by atoms with E-state index in [-0.39, 0.29) is 0 Å². The van der Waals surface area contributed by atoms with Gasteiger partial charge in [0.1, 0.15) is 12.7 Å². The molecule has 1 fully saturated rings. The molecule has 0 aliphatic carbocycles. The molecular formula is C14H19F3O11S. The molecule has 1 heterocycles. The number of esters is 3. The zero-order chi connectivity index (χ0) is 22.6. The first-order chi connectivity index (χ1) is 13.2. The SMILES string of the molecule is CO[C@@H]1O[C@H](COC(C)=O)[C@H](OC(C)=O)[C@H](OC(C)=O)[C@H]1OS(=O)(=O)C(F)(F)F. The van der Waals surface area contributed by atoms with Gasteiger partial charge < -0.3 is 23.7 Å². The second-order valence-corrected chi connectivity index (χ2v) is 7.25. The molecule has 0 aromatic heterocycles. The van der Waals surface area contributed by atoms with Crippen LogP contribution in [0.1, 0.15) is 20.8 Å². The summed E-state index contributed by atoms with van der Waals surface area (Å²) in [5, 5.41) is 0. The van der Waals surface area contributed by atoms with Crippen LogP contribution in [0, 0.1) is 0 Å². The maximum absolute atomic E-state index is 12.8. The number of hydrogen-bond donors (Lipinski definition) is 0. The van der Waals surface area contributed by atoms with E-state index < -0.39 is 70.8 Å². The average molecular weight is 452 g/mol. The van der Waals surface area contributed by atoms with Crippen molar-refractivity contribution in [2.45, 2.75) is 57.0 Å². The van der Waals surface area contributed by atoms with E-state index in [9.17, 15) is 36.0 Å². The number of ether oxygens (including phenoxy) is 5. The van der Waals surface area contributed by atoms with Gasteiger partial charge in [-0.25, -0.2) is 0 Å². The van der Waals surface area contributed by atoms with Gasteiger partial charge in [0, 0.05) is 27.9 Å². The van der Waals surface area contributed by atoms with Gasteiger partial charge in [0.05, 0.1) is 0 Å². The fourth-order valence-corrected chi connectivity index (χ4v) is 2.97. The molecule has 0 radical (unpaired) electrons. The molecule has 0 N–H and O–H groups in total. The summed E-state index contributed by atoms with van der Waals surface area (Å²) in [7, 11) is -5.24. The number of alkyl halides is 3. The van der Waals surface area contributed by atoms with Crippen LogP contribution in [-0.4, -0.2) is 76.3 Å². The second-order valence-electron chi connectivity index (χ2n) is 5.69. The number of carbonyl (C=O) groups excluding carboxylic acids is 3. The third-order valence-electron chi connectivity index (χ3n) is 3.40. The smallest absolute Gasteiger partial charge is 0.463 e. The summed E-state index contributed by atoms with van der Waals surface area (Å²) >= 11 is 0. The zero-order valence-corrected chi connectivity index (χ0v) is 16.4. The van der Waals surface area contributed by atoms with Gasteiger partial charge in [-0.15, -0.1) is 0 Å². The van der Waals surface area contributed by atoms with Crippen molar-refractivity contribution >= 4 is 28.0 Å². The summed E-state index contributed by atoms with van der Waals surface area (Å²) in [4.78, 5) is 34.0. The first-order valence-corrected chi connectivity index (χ1v) is 9.26. The number of rotatable bonds is 7. The van der Waals surface area contributed by atoms with Crippen LogP contribution >= 0.6 is 0 Å². The highest BCUT2D eigenvalue weighted by Crippen LogP contribution is 2.34. The van der Waals surface area contributed by atoms with Gasteiger partial charge in [-0.2, -0.15) is 21.6 Å². The van der Waals surface area contributed by atoms with E-state index in [1.165, 1.54) is 0 Å². The minimum atomic E-state index is -6.18. The van der Waals surface area contributed by atoms with Gasteiger partial charge in [0.15, 0.2) is 24.6 Å². The molecule has 11 nitrogen and oxygen atoms in total. The fourth-order valence-electron chi connectivity index (χ4n) is 2.37. The Morgan fingerprint density at radius 1 is 0.931 bits per heavy atom. The van der Waals surface area contributed by atoms with Crippen LogP contribution in [0.25, 0.3) is 0 Å². The molecule has 0 amide bonds. The van der Waals surface area contributed by atoms with Crippen LogP contribution in [0.2, 0.25) is 0 Å². The molecule has 1 saturated heterocycles. The molecule has 0 aromatic carbocycles. The molecule has 0 spiro atoms. The molecule has 1 aliphatic heterocycles. The lowest BCUT2D eigenvalue weighted by atomic mass is 9.98. The summed E-state index contributed by atoms with van der Waals surface area (Å²) in [6.45, 7) is 2.27. The van der Waals surface area contributed by atoms with Crippen molar-refractivity contribution in [2.75, 3.05) is 13.7 Å². The van der Waals surface area contributed by atoms with Crippen LogP contribution in [0.4, 0.5) is 13.2 Å². The van der Waals surface area contributed by atoms with E-state index in [1.54, 1.807) is 0 Å². The highest BCUT2D eigenvalue weighted by Gasteiger charge is 2.57. The Bertz CT molecular complexity index is 721. The van der Waals surface area contributed by atoms with Gasteiger partial charge in [-0.3, -0.25) is 18.6 Å². The first-order valence-electron chi connectivity index (χ1n) is 7.85. The minimum Gasteiger partial charge on any atom is -0.463 e. The predicted molar refractivity (Wildman–Crippen MR) is 83.3 cm³/mol. The lowest BCUT2D eigenvalue weighted by Crippen LogP contribution is -2.63. The Morgan fingerprint density at radius 3 is 1.86 bits per heavy atom. The van der Waals surface area contributed by atoms with E-state index in [0.29, 0.717) is 0 Å². The van der Waals surface area contributed by atoms with Gasteiger partial charge >= 0.3 is 33.5 Å². The predicted octanol–water partition coefficient (Wildman–Crippen LogP) is 0.0190. The first kappa shape index (κ1) is 25.1. The number of methoxy groups -OCH3 is 1. The summed E-state index contributed by atoms with van der Waals surface area (Å²) in [6, 6.07) is 0. The van der Waals surface area contributed by atoms with Crippen LogP contribution in [-0.2, 0) is 52.4 Å². The molecule has 5 atom stereocenters. The molecule has 1 aliphatic rings. The lowest BCUT2D eigenvalue weighted by molar-refractivity contribution is -0.295. The maximum Gasteiger partial charge on any atom is 0.523 e. The molecular weight excluding hydrogens is 433 g/mol. The van der Waals surface area contributed by atoms with E-state index in [1.807, 2.05) is 0 Å². The molecule has 0 saturated carbocycles. The standard InChI is InChI=1S/C14H19F3O11S/c1-6(18)24-5-9-10(25-7(2)19)11(26-8(3)20)12(13(23-4)27-9)28-29(21,22)14(15,16)17/h9-13H,5H2,1-4H3/t9-,10+,11+,12-,13-/m1/s1. The Labute approximate surface area is 163 Å². The second kappa shape index (κ2) is 9.69. The van der Waals surface area contributed by atoms with E-state index in [4.69, 9.17) is 23.7 Å². The Hall–Kier alpha value is -1.97. The van der Waals surface area contributed by atoms with E-state index in [0.717, 1.165) is 27.9 Å². The number of carbonyl (C=O) groups is 3. The highest BCUT2D eigenvalue weighted by molar-refractivity contribution is 7.87. The number of halogens is 3. The van der Waals surface area contributed by atoms with Crippen molar-refractivity contribution in [3.8, 4) is 0 Å². The molecule has 0 unspecified atom stereocenters. The Morgan fingerprint density at radius 2 is 1.45 bits per heavy atom. The topological polar surface area (TPSA) is 141 Å². The molecule has 0 aromatic rings. The molecule has 29 heavy (non-hydrogen) atoms. The van der Waals surface area contributed by atoms with Crippen molar-refractivity contribution in [1.29, 1.82) is 0 Å². The van der Waals surface area contributed by atoms with Crippen LogP contribution in [0.3, 0.4) is 0 Å². The monoisotopic (exact) mass is 452 g/mol. The summed E-state index contributed by atoms with van der Waals surface area (Å²) < 4.78 is 90.0. The van der Waals surface area contributed by atoms with Crippen molar-refractivity contribution in [2.24, 2.45) is 0 Å². The largest absolute Gasteiger partial charge is 0.523 e. The average Bonchev–Trinajstić information content (AvgIpc) is 2.54. The minimum absolute atomic E-state index is 0.580. The van der Waals surface area contributed by atoms with E-state index >= 15 is 0 Å². The quantitative estimate of drug-likeness (QED) is 0.223. The summed E-state index contributed by atoms with van der Waals surface area (Å²) in [5.74, 6) is -2.81. The molecule has 15 heteroatoms. The molecule has 168 valence electrons. The van der Waals surface area contributed by atoms with Crippen LogP contribution in [0.5, 0.6) is 0 Å². The Kier molecular flexibility index (Phi) is 8.37. The van der Waals surface area contributed by atoms with Gasteiger partial charge in [-0.1, -0.05) is 0 Å². The lowest BCUT2D eigenvalue weighted by Gasteiger charge is -2.43. The van der Waals surface area contributed by atoms with Crippen LogP contribution in [0.15, 0.2) is 0 Å². The van der Waals surface area contributed by atoms with Crippen LogP contribution < -0.4 is 0 Å². The zero-order valence-electron chi connectivity index (χ0n) is 15.6.